The number of hydrogen-bond donors (Lipinski definition) is 0. The molecule has 0 saturated heterocycles. The lowest BCUT2D eigenvalue weighted by molar-refractivity contribution is 0.773. The number of hydrogen-bond acceptors (Lipinski definition) is 4. The van der Waals surface area contributed by atoms with Gasteiger partial charge in [-0.3, -0.25) is 0 Å². The molecule has 0 spiro atoms. The lowest BCUT2D eigenvalue weighted by Crippen LogP contribution is -2.02. The molecule has 0 atom stereocenters. The summed E-state index contributed by atoms with van der Waals surface area (Å²) < 4.78 is 1.68. The van der Waals surface area contributed by atoms with Crippen LogP contribution in [0.4, 0.5) is 0 Å². The van der Waals surface area contributed by atoms with Crippen molar-refractivity contribution < 1.29 is 0 Å². The van der Waals surface area contributed by atoms with Gasteiger partial charge in [0.1, 0.15) is 0 Å². The summed E-state index contributed by atoms with van der Waals surface area (Å²) in [6, 6.07) is 2.04. The van der Waals surface area contributed by atoms with Gasteiger partial charge in [-0.1, -0.05) is 18.9 Å². The van der Waals surface area contributed by atoms with Crippen LogP contribution >= 0.6 is 0 Å². The molecule has 0 aliphatic rings. The number of aryl methyl sites for hydroxylation is 2. The van der Waals surface area contributed by atoms with Crippen molar-refractivity contribution in [3.05, 3.63) is 17.5 Å². The topological polar surface area (TPSA) is 56.0 Å². The summed E-state index contributed by atoms with van der Waals surface area (Å²) in [5, 5.41) is 11.3. The summed E-state index contributed by atoms with van der Waals surface area (Å²) in [4.78, 5) is 4.29. The molecule has 5 nitrogen and oxygen atoms in total. The average molecular weight is 177 g/mol. The molecule has 2 aromatic rings. The smallest absolute Gasteiger partial charge is 0.215 e. The Morgan fingerprint density at radius 2 is 2.15 bits per heavy atom. The van der Waals surface area contributed by atoms with E-state index in [9.17, 15) is 0 Å². The lowest BCUT2D eigenvalue weighted by atomic mass is 10.2. The van der Waals surface area contributed by atoms with Crippen LogP contribution in [-0.2, 0) is 12.8 Å². The van der Waals surface area contributed by atoms with Crippen LogP contribution in [0.2, 0.25) is 0 Å². The van der Waals surface area contributed by atoms with E-state index in [-0.39, 0.29) is 0 Å². The second-order valence-corrected chi connectivity index (χ2v) is 2.84. The van der Waals surface area contributed by atoms with E-state index in [4.69, 9.17) is 0 Å². The first-order valence-corrected chi connectivity index (χ1v) is 4.42. The Bertz CT molecular complexity index is 419. The first-order valence-electron chi connectivity index (χ1n) is 4.42. The first kappa shape index (κ1) is 8.10. The summed E-state index contributed by atoms with van der Waals surface area (Å²) >= 11 is 0. The zero-order valence-electron chi connectivity index (χ0n) is 7.73. The Hall–Kier alpha value is -1.52. The highest BCUT2D eigenvalue weighted by Gasteiger charge is 2.05. The van der Waals surface area contributed by atoms with Crippen LogP contribution in [0.25, 0.3) is 5.78 Å². The largest absolute Gasteiger partial charge is 0.273 e. The first-order chi connectivity index (χ1) is 6.35. The zero-order valence-corrected chi connectivity index (χ0v) is 7.73. The molecule has 68 valence electrons. The maximum Gasteiger partial charge on any atom is 0.273 e. The highest BCUT2D eigenvalue weighted by molar-refractivity contribution is 5.28. The SMILES string of the molecule is CCc1cc(CC)n2nnnc2n1. The fraction of sp³-hybridized carbons (Fsp3) is 0.500. The molecular formula is C8H11N5. The van der Waals surface area contributed by atoms with Crippen LogP contribution in [0.5, 0.6) is 0 Å². The van der Waals surface area contributed by atoms with Gasteiger partial charge in [0.15, 0.2) is 0 Å². The third-order valence-corrected chi connectivity index (χ3v) is 2.03. The van der Waals surface area contributed by atoms with Crippen molar-refractivity contribution in [2.24, 2.45) is 0 Å². The number of nitrogens with zero attached hydrogens (tertiary/aromatic N) is 5. The molecule has 2 heterocycles. The Morgan fingerprint density at radius 3 is 2.85 bits per heavy atom. The van der Waals surface area contributed by atoms with Crippen LogP contribution in [0.15, 0.2) is 6.07 Å². The van der Waals surface area contributed by atoms with Crippen LogP contribution < -0.4 is 0 Å². The normalized spacial score (nSPS) is 10.9. The molecule has 0 fully saturated rings. The van der Waals surface area contributed by atoms with Gasteiger partial charge >= 0.3 is 0 Å². The monoisotopic (exact) mass is 177 g/mol. The molecule has 2 aromatic heterocycles. The van der Waals surface area contributed by atoms with Gasteiger partial charge in [0.2, 0.25) is 0 Å². The van der Waals surface area contributed by atoms with Crippen molar-refractivity contribution >= 4 is 5.78 Å². The molecule has 0 unspecified atom stereocenters. The number of tetrazole rings is 1. The van der Waals surface area contributed by atoms with E-state index >= 15 is 0 Å². The van der Waals surface area contributed by atoms with Crippen LogP contribution in [-0.4, -0.2) is 25.0 Å². The minimum atomic E-state index is 0.594. The minimum Gasteiger partial charge on any atom is -0.215 e. The molecule has 0 aliphatic carbocycles. The lowest BCUT2D eigenvalue weighted by Gasteiger charge is -2.01. The van der Waals surface area contributed by atoms with E-state index in [1.807, 2.05) is 6.07 Å². The molecule has 13 heavy (non-hydrogen) atoms. The molecule has 0 N–H and O–H groups in total. The Morgan fingerprint density at radius 1 is 1.31 bits per heavy atom. The molecule has 5 heteroatoms. The van der Waals surface area contributed by atoms with Crippen LogP contribution in [0, 0.1) is 0 Å². The van der Waals surface area contributed by atoms with Gasteiger partial charge in [0.05, 0.1) is 0 Å². The van der Waals surface area contributed by atoms with E-state index < -0.39 is 0 Å². The highest BCUT2D eigenvalue weighted by atomic mass is 15.5. The van der Waals surface area contributed by atoms with E-state index in [0.717, 1.165) is 24.2 Å². The highest BCUT2D eigenvalue weighted by Crippen LogP contribution is 2.05. The Balaban J connectivity index is 2.70. The minimum absolute atomic E-state index is 0.594. The molecule has 0 saturated carbocycles. The zero-order chi connectivity index (χ0) is 9.26. The van der Waals surface area contributed by atoms with Crippen LogP contribution in [0.1, 0.15) is 25.2 Å². The maximum atomic E-state index is 4.29. The Kier molecular flexibility index (Phi) is 1.92. The summed E-state index contributed by atoms with van der Waals surface area (Å²) in [7, 11) is 0. The maximum absolute atomic E-state index is 4.29. The molecule has 2 rings (SSSR count). The predicted octanol–water partition coefficient (Wildman–Crippen LogP) is 0.644. The number of rotatable bonds is 2. The van der Waals surface area contributed by atoms with Crippen LogP contribution in [0.3, 0.4) is 0 Å². The van der Waals surface area contributed by atoms with Crippen molar-refractivity contribution in [2.45, 2.75) is 26.7 Å². The summed E-state index contributed by atoms with van der Waals surface area (Å²) in [5.74, 6) is 0.594. The summed E-state index contributed by atoms with van der Waals surface area (Å²) in [6.45, 7) is 4.15. The van der Waals surface area contributed by atoms with Crippen molar-refractivity contribution in [3.63, 3.8) is 0 Å². The summed E-state index contributed by atoms with van der Waals surface area (Å²) in [6.07, 6.45) is 1.83. The molecule has 0 aliphatic heterocycles. The van der Waals surface area contributed by atoms with E-state index in [2.05, 4.69) is 34.4 Å². The standard InChI is InChI=1S/C8H11N5/c1-3-6-5-7(4-2)13-8(9-6)10-11-12-13/h5H,3-4H2,1-2H3. The van der Waals surface area contributed by atoms with Crippen molar-refractivity contribution in [3.8, 4) is 0 Å². The molecular weight excluding hydrogens is 166 g/mol. The number of fused-ring (bicyclic) bond motifs is 1. The van der Waals surface area contributed by atoms with E-state index in [0.29, 0.717) is 5.78 Å². The van der Waals surface area contributed by atoms with Gasteiger partial charge < -0.3 is 0 Å². The predicted molar refractivity (Wildman–Crippen MR) is 47.3 cm³/mol. The van der Waals surface area contributed by atoms with Crippen molar-refractivity contribution in [1.29, 1.82) is 0 Å². The number of aromatic nitrogens is 5. The fourth-order valence-electron chi connectivity index (χ4n) is 1.29. The second-order valence-electron chi connectivity index (χ2n) is 2.84. The Labute approximate surface area is 75.8 Å². The van der Waals surface area contributed by atoms with Gasteiger partial charge in [-0.2, -0.15) is 4.52 Å². The average Bonchev–Trinajstić information content (AvgIpc) is 2.63. The second kappa shape index (κ2) is 3.08. The van der Waals surface area contributed by atoms with Gasteiger partial charge in [-0.05, 0) is 29.3 Å². The van der Waals surface area contributed by atoms with E-state index in [1.54, 1.807) is 4.52 Å². The van der Waals surface area contributed by atoms with Crippen molar-refractivity contribution in [2.75, 3.05) is 0 Å². The van der Waals surface area contributed by atoms with Gasteiger partial charge in [-0.15, -0.1) is 0 Å². The summed E-state index contributed by atoms with van der Waals surface area (Å²) in [5.41, 5.74) is 2.14. The molecule has 0 radical (unpaired) electrons. The van der Waals surface area contributed by atoms with Gasteiger partial charge in [-0.25, -0.2) is 4.98 Å². The quantitative estimate of drug-likeness (QED) is 0.675. The molecule has 0 bridgehead atoms. The third-order valence-electron chi connectivity index (χ3n) is 2.03. The van der Waals surface area contributed by atoms with Gasteiger partial charge in [0, 0.05) is 11.4 Å². The molecule has 0 amide bonds. The van der Waals surface area contributed by atoms with E-state index in [1.165, 1.54) is 0 Å². The molecule has 0 aromatic carbocycles. The fourth-order valence-corrected chi connectivity index (χ4v) is 1.29. The van der Waals surface area contributed by atoms with Crippen molar-refractivity contribution in [1.82, 2.24) is 25.0 Å². The third kappa shape index (κ3) is 1.26. The van der Waals surface area contributed by atoms with Gasteiger partial charge in [0.25, 0.3) is 5.78 Å².